The third kappa shape index (κ3) is 5.51. The Morgan fingerprint density at radius 2 is 1.85 bits per heavy atom. The highest BCUT2D eigenvalue weighted by Gasteiger charge is 2.42. The van der Waals surface area contributed by atoms with Crippen molar-refractivity contribution in [2.24, 2.45) is 0 Å². The molecule has 0 saturated carbocycles. The van der Waals surface area contributed by atoms with Gasteiger partial charge >= 0.3 is 12.1 Å². The molecule has 9 heteroatoms. The summed E-state index contributed by atoms with van der Waals surface area (Å²) in [4.78, 5) is 17.9. The minimum absolute atomic E-state index is 0.233. The van der Waals surface area contributed by atoms with Gasteiger partial charge < -0.3 is 14.2 Å². The van der Waals surface area contributed by atoms with Gasteiger partial charge in [-0.25, -0.2) is 9.78 Å². The van der Waals surface area contributed by atoms with E-state index in [4.69, 9.17) is 19.2 Å². The summed E-state index contributed by atoms with van der Waals surface area (Å²) < 4.78 is 61.6. The fourth-order valence-electron chi connectivity index (χ4n) is 4.82. The van der Waals surface area contributed by atoms with Crippen LogP contribution in [0.2, 0.25) is 0 Å². The van der Waals surface area contributed by atoms with E-state index in [1.807, 2.05) is 30.3 Å². The molecule has 0 fully saturated rings. The van der Waals surface area contributed by atoms with Crippen molar-refractivity contribution in [3.8, 4) is 27.4 Å². The molecule has 0 bridgehead atoms. The van der Waals surface area contributed by atoms with E-state index in [9.17, 15) is 18.0 Å². The molecule has 5 rings (SSSR count). The Labute approximate surface area is 228 Å². The lowest BCUT2D eigenvalue weighted by atomic mass is 9.86. The molecule has 5 nitrogen and oxygen atoms in total. The lowest BCUT2D eigenvalue weighted by molar-refractivity contribution is -0.166. The number of hydrogen-bond acceptors (Lipinski definition) is 6. The Balaban J connectivity index is 1.88. The van der Waals surface area contributed by atoms with Crippen LogP contribution in [0.4, 0.5) is 13.2 Å². The number of methoxy groups -OCH3 is 1. The number of benzene rings is 3. The lowest BCUT2D eigenvalue weighted by Gasteiger charge is -2.30. The highest BCUT2D eigenvalue weighted by molar-refractivity contribution is 7.21. The van der Waals surface area contributed by atoms with Gasteiger partial charge in [-0.15, -0.1) is 11.3 Å². The van der Waals surface area contributed by atoms with Crippen LogP contribution in [0.3, 0.4) is 0 Å². The second kappa shape index (κ2) is 10.3. The smallest absolute Gasteiger partial charge is 0.416 e. The molecule has 39 heavy (non-hydrogen) atoms. The topological polar surface area (TPSA) is 57.7 Å². The van der Waals surface area contributed by atoms with Crippen molar-refractivity contribution in [1.82, 2.24) is 4.98 Å². The number of rotatable bonds is 5. The number of aromatic nitrogens is 1. The molecule has 2 heterocycles. The van der Waals surface area contributed by atoms with E-state index < -0.39 is 29.4 Å². The summed E-state index contributed by atoms with van der Waals surface area (Å²) in [5, 5.41) is 0.537. The van der Waals surface area contributed by atoms with Gasteiger partial charge in [-0.1, -0.05) is 24.3 Å². The van der Waals surface area contributed by atoms with Crippen LogP contribution in [0.15, 0.2) is 54.6 Å². The van der Waals surface area contributed by atoms with Gasteiger partial charge in [0.05, 0.1) is 35.1 Å². The lowest BCUT2D eigenvalue weighted by Crippen LogP contribution is -2.30. The van der Waals surface area contributed by atoms with E-state index in [1.165, 1.54) is 17.4 Å². The zero-order valence-electron chi connectivity index (χ0n) is 22.0. The monoisotopic (exact) mass is 555 g/mol. The number of aryl methyl sites for hydroxylation is 1. The van der Waals surface area contributed by atoms with Crippen molar-refractivity contribution in [2.75, 3.05) is 13.7 Å². The van der Waals surface area contributed by atoms with Crippen LogP contribution in [0, 0.1) is 0 Å². The van der Waals surface area contributed by atoms with E-state index in [0.717, 1.165) is 41.8 Å². The van der Waals surface area contributed by atoms with E-state index in [2.05, 4.69) is 0 Å². The van der Waals surface area contributed by atoms with Crippen molar-refractivity contribution in [1.29, 1.82) is 0 Å². The number of thiazole rings is 1. The van der Waals surface area contributed by atoms with Crippen LogP contribution in [0.1, 0.15) is 50.0 Å². The van der Waals surface area contributed by atoms with Gasteiger partial charge in [0.2, 0.25) is 0 Å². The molecule has 4 aromatic rings. The quantitative estimate of drug-likeness (QED) is 0.234. The Kier molecular flexibility index (Phi) is 7.15. The maximum absolute atomic E-state index is 14.6. The number of halogens is 3. The average molecular weight is 556 g/mol. The van der Waals surface area contributed by atoms with Gasteiger partial charge in [-0.3, -0.25) is 0 Å². The van der Waals surface area contributed by atoms with Gasteiger partial charge in [0.25, 0.3) is 0 Å². The Hall–Kier alpha value is -3.43. The first-order chi connectivity index (χ1) is 18.5. The molecule has 0 spiro atoms. The van der Waals surface area contributed by atoms with Gasteiger partial charge in [0.1, 0.15) is 10.8 Å². The maximum Gasteiger partial charge on any atom is 0.416 e. The molecule has 1 aromatic heterocycles. The van der Waals surface area contributed by atoms with Crippen molar-refractivity contribution >= 4 is 27.5 Å². The third-order valence-corrected chi connectivity index (χ3v) is 7.49. The molecule has 0 amide bonds. The Bertz CT molecular complexity index is 1500. The largest absolute Gasteiger partial charge is 0.493 e. The number of esters is 1. The molecule has 204 valence electrons. The molecular formula is C30H28F3NO4S. The zero-order chi connectivity index (χ0) is 27.9. The van der Waals surface area contributed by atoms with Crippen molar-refractivity contribution in [3.63, 3.8) is 0 Å². The second-order valence-electron chi connectivity index (χ2n) is 10.3. The highest BCUT2D eigenvalue weighted by atomic mass is 32.1. The summed E-state index contributed by atoms with van der Waals surface area (Å²) in [6, 6.07) is 15.3. The average Bonchev–Trinajstić information content (AvgIpc) is 3.33. The van der Waals surface area contributed by atoms with Gasteiger partial charge in [0.15, 0.2) is 6.10 Å². The molecule has 1 aliphatic rings. The number of ether oxygens (including phenoxy) is 3. The number of nitrogens with zero attached hydrogens (tertiary/aromatic N) is 1. The summed E-state index contributed by atoms with van der Waals surface area (Å²) in [5.74, 6) is -0.213. The van der Waals surface area contributed by atoms with Crippen molar-refractivity contribution in [2.45, 2.75) is 51.5 Å². The molecule has 0 saturated heterocycles. The predicted molar refractivity (Wildman–Crippen MR) is 145 cm³/mol. The first-order valence-corrected chi connectivity index (χ1v) is 13.4. The number of alkyl halides is 3. The standard InChI is InChI=1S/C30H28F3NO4S/c1-29(2,3)38-26(28(35)36-4)25-20(30(31,32)33)13-12-19(27-34-21-9-5-6-10-23(21)39-27)24(25)18-11-14-22-17(16-18)8-7-15-37-22/h5-6,9-14,16,26H,7-8,15H2,1-4H3. The van der Waals surface area contributed by atoms with Crippen LogP contribution < -0.4 is 4.74 Å². The molecule has 3 aromatic carbocycles. The van der Waals surface area contributed by atoms with E-state index in [0.29, 0.717) is 28.5 Å². The minimum atomic E-state index is -4.76. The molecule has 1 aliphatic heterocycles. The van der Waals surface area contributed by atoms with Crippen LogP contribution in [0.5, 0.6) is 5.75 Å². The van der Waals surface area contributed by atoms with Crippen LogP contribution in [-0.4, -0.2) is 30.3 Å². The van der Waals surface area contributed by atoms with Gasteiger partial charge in [0, 0.05) is 11.1 Å². The van der Waals surface area contributed by atoms with Crippen molar-refractivity contribution < 1.29 is 32.2 Å². The number of carbonyl (C=O) groups is 1. The molecular weight excluding hydrogens is 527 g/mol. The van der Waals surface area contributed by atoms with Crippen LogP contribution >= 0.6 is 11.3 Å². The molecule has 0 aliphatic carbocycles. The number of carbonyl (C=O) groups excluding carboxylic acids is 1. The summed E-state index contributed by atoms with van der Waals surface area (Å²) in [6.45, 7) is 5.64. The van der Waals surface area contributed by atoms with Crippen LogP contribution in [-0.2, 0) is 26.9 Å². The summed E-state index contributed by atoms with van der Waals surface area (Å²) in [7, 11) is 1.14. The predicted octanol–water partition coefficient (Wildman–Crippen LogP) is 8.00. The van der Waals surface area contributed by atoms with E-state index >= 15 is 0 Å². The maximum atomic E-state index is 14.6. The van der Waals surface area contributed by atoms with Crippen LogP contribution in [0.25, 0.3) is 31.9 Å². The summed E-state index contributed by atoms with van der Waals surface area (Å²) in [5.41, 5.74) is 0.644. The molecule has 0 radical (unpaired) electrons. The number of hydrogen-bond donors (Lipinski definition) is 0. The first-order valence-electron chi connectivity index (χ1n) is 12.6. The summed E-state index contributed by atoms with van der Waals surface area (Å²) in [6.07, 6.45) is -4.87. The number of fused-ring (bicyclic) bond motifs is 2. The highest BCUT2D eigenvalue weighted by Crippen LogP contribution is 2.48. The zero-order valence-corrected chi connectivity index (χ0v) is 22.8. The second-order valence-corrected chi connectivity index (χ2v) is 11.4. The fraction of sp³-hybridized carbons (Fsp3) is 0.333. The number of para-hydroxylation sites is 1. The first kappa shape index (κ1) is 27.1. The SMILES string of the molecule is COC(=O)C(OC(C)(C)C)c1c(C(F)(F)F)ccc(-c2nc3ccccc3s2)c1-c1ccc2c(c1)CCCO2. The Morgan fingerprint density at radius 1 is 1.08 bits per heavy atom. The minimum Gasteiger partial charge on any atom is -0.493 e. The Morgan fingerprint density at radius 3 is 2.54 bits per heavy atom. The molecule has 1 unspecified atom stereocenters. The van der Waals surface area contributed by atoms with Gasteiger partial charge in [-0.2, -0.15) is 13.2 Å². The van der Waals surface area contributed by atoms with E-state index in [-0.39, 0.29) is 11.1 Å². The fourth-order valence-corrected chi connectivity index (χ4v) is 5.81. The third-order valence-electron chi connectivity index (χ3n) is 6.42. The molecule has 1 atom stereocenters. The normalized spacial score (nSPS) is 14.5. The van der Waals surface area contributed by atoms with Crippen molar-refractivity contribution in [3.05, 3.63) is 71.3 Å². The summed E-state index contributed by atoms with van der Waals surface area (Å²) >= 11 is 1.38. The van der Waals surface area contributed by atoms with E-state index in [1.54, 1.807) is 32.9 Å². The molecule has 0 N–H and O–H groups in total. The van der Waals surface area contributed by atoms with Gasteiger partial charge in [-0.05, 0) is 80.6 Å².